The van der Waals surface area contributed by atoms with Gasteiger partial charge in [-0.15, -0.1) is 0 Å². The number of benzene rings is 1. The minimum atomic E-state index is 1.04. The molecule has 0 radical (unpaired) electrons. The highest BCUT2D eigenvalue weighted by Crippen LogP contribution is 2.27. The molecule has 1 aromatic heterocycles. The molecule has 0 atom stereocenters. The van der Waals surface area contributed by atoms with Gasteiger partial charge in [0.1, 0.15) is 0 Å². The number of rotatable bonds is 5. The van der Waals surface area contributed by atoms with Gasteiger partial charge >= 0.3 is 0 Å². The van der Waals surface area contributed by atoms with Crippen LogP contribution in [-0.2, 0) is 0 Å². The van der Waals surface area contributed by atoms with Crippen molar-refractivity contribution in [3.63, 3.8) is 0 Å². The largest absolute Gasteiger partial charge is 0.351 e. The van der Waals surface area contributed by atoms with E-state index in [1.807, 2.05) is 13.1 Å². The molecule has 0 aliphatic carbocycles. The maximum absolute atomic E-state index is 4.62. The molecule has 0 saturated heterocycles. The molecule has 16 heavy (non-hydrogen) atoms. The van der Waals surface area contributed by atoms with Crippen LogP contribution in [0.1, 0.15) is 6.42 Å². The van der Waals surface area contributed by atoms with Crippen molar-refractivity contribution in [1.82, 2.24) is 10.3 Å². The van der Waals surface area contributed by atoms with E-state index in [1.165, 1.54) is 4.70 Å². The normalized spacial score (nSPS) is 10.9. The molecule has 0 aliphatic rings. The van der Waals surface area contributed by atoms with Crippen molar-refractivity contribution in [2.75, 3.05) is 32.1 Å². The first-order valence-electron chi connectivity index (χ1n) is 5.52. The van der Waals surface area contributed by atoms with Gasteiger partial charge in [0, 0.05) is 13.6 Å². The molecule has 2 aromatic rings. The third kappa shape index (κ3) is 2.51. The predicted octanol–water partition coefficient (Wildman–Crippen LogP) is 2.34. The Morgan fingerprint density at radius 3 is 2.94 bits per heavy atom. The number of fused-ring (bicyclic) bond motifs is 1. The number of thiazole rings is 1. The lowest BCUT2D eigenvalue weighted by molar-refractivity contribution is 0.712. The zero-order chi connectivity index (χ0) is 11.4. The van der Waals surface area contributed by atoms with Crippen LogP contribution in [0.2, 0.25) is 0 Å². The Kier molecular flexibility index (Phi) is 3.74. The summed E-state index contributed by atoms with van der Waals surface area (Å²) in [5.74, 6) is 0. The maximum Gasteiger partial charge on any atom is 0.186 e. The van der Waals surface area contributed by atoms with Crippen LogP contribution in [0.25, 0.3) is 10.2 Å². The molecule has 0 unspecified atom stereocenters. The highest BCUT2D eigenvalue weighted by molar-refractivity contribution is 7.22. The molecule has 0 saturated carbocycles. The van der Waals surface area contributed by atoms with Crippen LogP contribution in [0, 0.1) is 0 Å². The third-order valence-corrected chi connectivity index (χ3v) is 3.68. The molecular weight excluding hydrogens is 218 g/mol. The molecule has 0 amide bonds. The zero-order valence-electron chi connectivity index (χ0n) is 9.73. The van der Waals surface area contributed by atoms with E-state index in [1.54, 1.807) is 11.3 Å². The second-order valence-corrected chi connectivity index (χ2v) is 4.85. The number of aromatic nitrogens is 1. The predicted molar refractivity (Wildman–Crippen MR) is 71.4 cm³/mol. The molecule has 1 N–H and O–H groups in total. The van der Waals surface area contributed by atoms with Crippen molar-refractivity contribution >= 4 is 26.7 Å². The van der Waals surface area contributed by atoms with Crippen molar-refractivity contribution in [3.8, 4) is 0 Å². The summed E-state index contributed by atoms with van der Waals surface area (Å²) >= 11 is 1.76. The average Bonchev–Trinajstić information content (AvgIpc) is 2.73. The van der Waals surface area contributed by atoms with Crippen LogP contribution in [0.5, 0.6) is 0 Å². The summed E-state index contributed by atoms with van der Waals surface area (Å²) in [6.07, 6.45) is 1.14. The second-order valence-electron chi connectivity index (χ2n) is 3.84. The molecule has 4 heteroatoms. The average molecular weight is 235 g/mol. The van der Waals surface area contributed by atoms with Crippen molar-refractivity contribution < 1.29 is 0 Å². The summed E-state index contributed by atoms with van der Waals surface area (Å²) in [6.45, 7) is 2.09. The lowest BCUT2D eigenvalue weighted by atomic mass is 10.3. The Morgan fingerprint density at radius 1 is 1.38 bits per heavy atom. The zero-order valence-corrected chi connectivity index (χ0v) is 10.5. The Balaban J connectivity index is 2.07. The van der Waals surface area contributed by atoms with E-state index in [4.69, 9.17) is 0 Å². The Hall–Kier alpha value is -1.13. The lowest BCUT2D eigenvalue weighted by Crippen LogP contribution is -2.21. The summed E-state index contributed by atoms with van der Waals surface area (Å²) in [6, 6.07) is 8.28. The first-order chi connectivity index (χ1) is 7.81. The fourth-order valence-corrected chi connectivity index (χ4v) is 2.56. The van der Waals surface area contributed by atoms with Crippen molar-refractivity contribution in [1.29, 1.82) is 0 Å². The van der Waals surface area contributed by atoms with Gasteiger partial charge in [0.2, 0.25) is 0 Å². The molecule has 86 valence electrons. The minimum absolute atomic E-state index is 1.04. The fourth-order valence-electron chi connectivity index (χ4n) is 1.61. The van der Waals surface area contributed by atoms with Crippen molar-refractivity contribution in [2.45, 2.75) is 6.42 Å². The topological polar surface area (TPSA) is 28.2 Å². The van der Waals surface area contributed by atoms with E-state index in [-0.39, 0.29) is 0 Å². The van der Waals surface area contributed by atoms with Crippen molar-refractivity contribution in [3.05, 3.63) is 24.3 Å². The van der Waals surface area contributed by atoms with E-state index in [2.05, 4.69) is 40.4 Å². The molecule has 0 spiro atoms. The standard InChI is InChI=1S/C12H17N3S/c1-13-8-5-9-15(2)12-14-10-6-3-4-7-11(10)16-12/h3-4,6-7,13H,5,8-9H2,1-2H3. The molecule has 0 aliphatic heterocycles. The number of hydrogen-bond donors (Lipinski definition) is 1. The van der Waals surface area contributed by atoms with E-state index in [0.29, 0.717) is 0 Å². The first kappa shape index (κ1) is 11.4. The van der Waals surface area contributed by atoms with Gasteiger partial charge in [0.15, 0.2) is 5.13 Å². The Labute approximate surface area is 100 Å². The summed E-state index contributed by atoms with van der Waals surface area (Å²) in [5.41, 5.74) is 1.10. The number of anilines is 1. The first-order valence-corrected chi connectivity index (χ1v) is 6.34. The van der Waals surface area contributed by atoms with Gasteiger partial charge in [0.25, 0.3) is 0 Å². The van der Waals surface area contributed by atoms with Crippen LogP contribution in [0.4, 0.5) is 5.13 Å². The highest BCUT2D eigenvalue weighted by Gasteiger charge is 2.06. The third-order valence-electron chi connectivity index (χ3n) is 2.53. The molecular formula is C12H17N3S. The van der Waals surface area contributed by atoms with Gasteiger partial charge in [-0.2, -0.15) is 0 Å². The SMILES string of the molecule is CNCCCN(C)c1nc2ccccc2s1. The van der Waals surface area contributed by atoms with Gasteiger partial charge in [-0.05, 0) is 32.1 Å². The van der Waals surface area contributed by atoms with E-state index >= 15 is 0 Å². The molecule has 1 heterocycles. The van der Waals surface area contributed by atoms with Crippen molar-refractivity contribution in [2.24, 2.45) is 0 Å². The molecule has 3 nitrogen and oxygen atoms in total. The summed E-state index contributed by atoms with van der Waals surface area (Å²) in [5, 5.41) is 4.27. The quantitative estimate of drug-likeness (QED) is 0.806. The van der Waals surface area contributed by atoms with Crippen LogP contribution in [-0.4, -0.2) is 32.2 Å². The van der Waals surface area contributed by atoms with Crippen LogP contribution in [0.3, 0.4) is 0 Å². The van der Waals surface area contributed by atoms with Gasteiger partial charge in [-0.3, -0.25) is 0 Å². The monoisotopic (exact) mass is 235 g/mol. The molecule has 2 rings (SSSR count). The Bertz CT molecular complexity index is 419. The summed E-state index contributed by atoms with van der Waals surface area (Å²) < 4.78 is 1.26. The molecule has 0 bridgehead atoms. The smallest absolute Gasteiger partial charge is 0.186 e. The van der Waals surface area contributed by atoms with Crippen LogP contribution in [0.15, 0.2) is 24.3 Å². The van der Waals surface area contributed by atoms with Gasteiger partial charge in [-0.1, -0.05) is 23.5 Å². The Morgan fingerprint density at radius 2 is 2.19 bits per heavy atom. The fraction of sp³-hybridized carbons (Fsp3) is 0.417. The lowest BCUT2D eigenvalue weighted by Gasteiger charge is -2.14. The van der Waals surface area contributed by atoms with E-state index < -0.39 is 0 Å². The van der Waals surface area contributed by atoms with Gasteiger partial charge < -0.3 is 10.2 Å². The molecule has 0 fully saturated rings. The number of para-hydroxylation sites is 1. The number of hydrogen-bond acceptors (Lipinski definition) is 4. The minimum Gasteiger partial charge on any atom is -0.351 e. The second kappa shape index (κ2) is 5.27. The van der Waals surface area contributed by atoms with Crippen LogP contribution >= 0.6 is 11.3 Å². The maximum atomic E-state index is 4.62. The highest BCUT2D eigenvalue weighted by atomic mass is 32.1. The summed E-state index contributed by atoms with van der Waals surface area (Å²) in [7, 11) is 4.09. The van der Waals surface area contributed by atoms with Gasteiger partial charge in [0.05, 0.1) is 10.2 Å². The van der Waals surface area contributed by atoms with E-state index in [0.717, 1.165) is 30.2 Å². The van der Waals surface area contributed by atoms with Gasteiger partial charge in [-0.25, -0.2) is 4.98 Å². The number of nitrogens with zero attached hydrogens (tertiary/aromatic N) is 2. The molecule has 1 aromatic carbocycles. The summed E-state index contributed by atoms with van der Waals surface area (Å²) in [4.78, 5) is 6.84. The van der Waals surface area contributed by atoms with Crippen LogP contribution < -0.4 is 10.2 Å². The number of nitrogens with one attached hydrogen (secondary N) is 1. The van der Waals surface area contributed by atoms with E-state index in [9.17, 15) is 0 Å².